The highest BCUT2D eigenvalue weighted by molar-refractivity contribution is 6.10. The zero-order chi connectivity index (χ0) is 13.9. The van der Waals surface area contributed by atoms with Crippen molar-refractivity contribution in [3.63, 3.8) is 0 Å². The Morgan fingerprint density at radius 3 is 2.65 bits per heavy atom. The second kappa shape index (κ2) is 3.76. The first-order valence-corrected chi connectivity index (χ1v) is 6.67. The monoisotopic (exact) mass is 262 g/mol. The lowest BCUT2D eigenvalue weighted by molar-refractivity contribution is 1.02. The fourth-order valence-electron chi connectivity index (χ4n) is 2.90. The highest BCUT2D eigenvalue weighted by atomic mass is 15.2. The zero-order valence-corrected chi connectivity index (χ0v) is 11.7. The summed E-state index contributed by atoms with van der Waals surface area (Å²) in [5, 5.41) is 10.8. The molecule has 3 aromatic heterocycles. The van der Waals surface area contributed by atoms with E-state index in [9.17, 15) is 0 Å². The van der Waals surface area contributed by atoms with Crippen LogP contribution in [0.25, 0.3) is 27.5 Å². The molecule has 4 aromatic rings. The SMILES string of the molecule is Cc1ccc2c(n1)c1c(C)cccc1n1c(C)nnc21. The first-order chi connectivity index (χ1) is 9.66. The number of benzene rings is 1. The highest BCUT2D eigenvalue weighted by Gasteiger charge is 2.14. The summed E-state index contributed by atoms with van der Waals surface area (Å²) in [7, 11) is 0. The van der Waals surface area contributed by atoms with Crippen LogP contribution in [0.4, 0.5) is 0 Å². The fourth-order valence-corrected chi connectivity index (χ4v) is 2.90. The fraction of sp³-hybridized carbons (Fsp3) is 0.188. The molecule has 3 heterocycles. The van der Waals surface area contributed by atoms with Crippen LogP contribution in [0.1, 0.15) is 17.1 Å². The largest absolute Gasteiger partial charge is 0.278 e. The van der Waals surface area contributed by atoms with Gasteiger partial charge in [0.05, 0.1) is 11.0 Å². The summed E-state index contributed by atoms with van der Waals surface area (Å²) in [6.45, 7) is 6.12. The van der Waals surface area contributed by atoms with Crippen molar-refractivity contribution < 1.29 is 0 Å². The quantitative estimate of drug-likeness (QED) is 0.456. The van der Waals surface area contributed by atoms with E-state index in [1.165, 1.54) is 10.9 Å². The van der Waals surface area contributed by atoms with E-state index in [1.807, 2.05) is 19.9 Å². The Morgan fingerprint density at radius 2 is 1.80 bits per heavy atom. The molecule has 0 aliphatic rings. The summed E-state index contributed by atoms with van der Waals surface area (Å²) in [5.41, 5.74) is 5.25. The average molecular weight is 262 g/mol. The van der Waals surface area contributed by atoms with Crippen LogP contribution < -0.4 is 0 Å². The summed E-state index contributed by atoms with van der Waals surface area (Å²) in [6.07, 6.45) is 0. The second-order valence-corrected chi connectivity index (χ2v) is 5.22. The van der Waals surface area contributed by atoms with E-state index in [0.29, 0.717) is 0 Å². The maximum atomic E-state index is 4.74. The van der Waals surface area contributed by atoms with E-state index in [0.717, 1.165) is 33.6 Å². The maximum Gasteiger partial charge on any atom is 0.170 e. The Bertz CT molecular complexity index is 982. The molecule has 0 atom stereocenters. The van der Waals surface area contributed by atoms with Crippen molar-refractivity contribution in [2.75, 3.05) is 0 Å². The van der Waals surface area contributed by atoms with Crippen LogP contribution in [0, 0.1) is 20.8 Å². The summed E-state index contributed by atoms with van der Waals surface area (Å²) in [4.78, 5) is 4.74. The first kappa shape index (κ1) is 11.3. The van der Waals surface area contributed by atoms with Gasteiger partial charge in [0, 0.05) is 16.5 Å². The molecule has 0 saturated carbocycles. The van der Waals surface area contributed by atoms with Crippen molar-refractivity contribution in [1.29, 1.82) is 0 Å². The van der Waals surface area contributed by atoms with Gasteiger partial charge >= 0.3 is 0 Å². The van der Waals surface area contributed by atoms with E-state index in [2.05, 4.69) is 45.8 Å². The molecule has 4 nitrogen and oxygen atoms in total. The van der Waals surface area contributed by atoms with Gasteiger partial charge in [-0.3, -0.25) is 9.38 Å². The standard InChI is InChI=1S/C16H14N4/c1-9-5-4-6-13-14(9)15-12(8-7-10(2)17-15)16-19-18-11(3)20(13)16/h4-8H,1-3H3. The molecule has 0 aliphatic heterocycles. The van der Waals surface area contributed by atoms with Crippen LogP contribution in [0.3, 0.4) is 0 Å². The number of hydrogen-bond donors (Lipinski definition) is 0. The van der Waals surface area contributed by atoms with E-state index >= 15 is 0 Å². The third-order valence-corrected chi connectivity index (χ3v) is 3.83. The molecule has 98 valence electrons. The van der Waals surface area contributed by atoms with Crippen LogP contribution in [0.2, 0.25) is 0 Å². The predicted octanol–water partition coefficient (Wildman–Crippen LogP) is 3.36. The predicted molar refractivity (Wildman–Crippen MR) is 80.0 cm³/mol. The second-order valence-electron chi connectivity index (χ2n) is 5.22. The van der Waals surface area contributed by atoms with Gasteiger partial charge in [0.15, 0.2) is 5.65 Å². The summed E-state index contributed by atoms with van der Waals surface area (Å²) in [6, 6.07) is 10.4. The van der Waals surface area contributed by atoms with Gasteiger partial charge < -0.3 is 0 Å². The average Bonchev–Trinajstić information content (AvgIpc) is 2.81. The Kier molecular flexibility index (Phi) is 2.13. The molecular formula is C16H14N4. The highest BCUT2D eigenvalue weighted by Crippen LogP contribution is 2.30. The Hall–Kier alpha value is -2.49. The lowest BCUT2D eigenvalue weighted by Gasteiger charge is -2.10. The van der Waals surface area contributed by atoms with Crippen molar-refractivity contribution in [1.82, 2.24) is 19.6 Å². The molecule has 1 aromatic carbocycles. The smallest absolute Gasteiger partial charge is 0.170 e. The molecule has 20 heavy (non-hydrogen) atoms. The van der Waals surface area contributed by atoms with Gasteiger partial charge in [-0.2, -0.15) is 0 Å². The van der Waals surface area contributed by atoms with Gasteiger partial charge in [0.25, 0.3) is 0 Å². The van der Waals surface area contributed by atoms with E-state index in [-0.39, 0.29) is 0 Å². The van der Waals surface area contributed by atoms with Gasteiger partial charge in [0.2, 0.25) is 0 Å². The molecule has 4 heteroatoms. The lowest BCUT2D eigenvalue weighted by Crippen LogP contribution is -1.96. The number of aryl methyl sites for hydroxylation is 3. The molecular weight excluding hydrogens is 248 g/mol. The number of hydrogen-bond acceptors (Lipinski definition) is 3. The number of fused-ring (bicyclic) bond motifs is 6. The molecule has 0 bridgehead atoms. The topological polar surface area (TPSA) is 43.1 Å². The minimum absolute atomic E-state index is 0.878. The minimum Gasteiger partial charge on any atom is -0.278 e. The van der Waals surface area contributed by atoms with E-state index in [1.54, 1.807) is 0 Å². The minimum atomic E-state index is 0.878. The molecule has 0 saturated heterocycles. The van der Waals surface area contributed by atoms with Gasteiger partial charge in [0.1, 0.15) is 5.82 Å². The van der Waals surface area contributed by atoms with Crippen molar-refractivity contribution in [2.45, 2.75) is 20.8 Å². The van der Waals surface area contributed by atoms with E-state index < -0.39 is 0 Å². The zero-order valence-electron chi connectivity index (χ0n) is 11.7. The molecule has 0 radical (unpaired) electrons. The third-order valence-electron chi connectivity index (χ3n) is 3.83. The Labute approximate surface area is 116 Å². The summed E-state index contributed by atoms with van der Waals surface area (Å²) < 4.78 is 2.11. The van der Waals surface area contributed by atoms with Crippen molar-refractivity contribution in [3.8, 4) is 0 Å². The van der Waals surface area contributed by atoms with Crippen LogP contribution in [-0.4, -0.2) is 19.6 Å². The van der Waals surface area contributed by atoms with Gasteiger partial charge in [-0.15, -0.1) is 10.2 Å². The Morgan fingerprint density at radius 1 is 0.950 bits per heavy atom. The summed E-state index contributed by atoms with van der Waals surface area (Å²) >= 11 is 0. The molecule has 0 unspecified atom stereocenters. The Balaban J connectivity index is 2.46. The molecule has 4 rings (SSSR count). The third kappa shape index (κ3) is 1.33. The van der Waals surface area contributed by atoms with Crippen LogP contribution >= 0.6 is 0 Å². The number of pyridine rings is 2. The lowest BCUT2D eigenvalue weighted by atomic mass is 10.1. The maximum absolute atomic E-state index is 4.74. The normalized spacial score (nSPS) is 11.8. The molecule has 0 N–H and O–H groups in total. The number of aromatic nitrogens is 4. The van der Waals surface area contributed by atoms with Crippen LogP contribution in [-0.2, 0) is 0 Å². The van der Waals surface area contributed by atoms with Gasteiger partial charge in [-0.05, 0) is 44.5 Å². The van der Waals surface area contributed by atoms with Crippen molar-refractivity contribution in [2.24, 2.45) is 0 Å². The van der Waals surface area contributed by atoms with Crippen LogP contribution in [0.15, 0.2) is 30.3 Å². The van der Waals surface area contributed by atoms with Crippen molar-refractivity contribution >= 4 is 27.5 Å². The van der Waals surface area contributed by atoms with Crippen molar-refractivity contribution in [3.05, 3.63) is 47.4 Å². The molecule has 0 aliphatic carbocycles. The number of rotatable bonds is 0. The summed E-state index contributed by atoms with van der Waals surface area (Å²) in [5.74, 6) is 0.901. The van der Waals surface area contributed by atoms with Gasteiger partial charge in [-0.1, -0.05) is 12.1 Å². The van der Waals surface area contributed by atoms with E-state index in [4.69, 9.17) is 4.98 Å². The molecule has 0 amide bonds. The van der Waals surface area contributed by atoms with Gasteiger partial charge in [-0.25, -0.2) is 0 Å². The first-order valence-electron chi connectivity index (χ1n) is 6.67. The molecule has 0 spiro atoms. The molecule has 0 fully saturated rings. The number of nitrogens with zero attached hydrogens (tertiary/aromatic N) is 4. The van der Waals surface area contributed by atoms with Crippen LogP contribution in [0.5, 0.6) is 0 Å².